The Balaban J connectivity index is 1.59. The predicted molar refractivity (Wildman–Crippen MR) is 102 cm³/mol. The lowest BCUT2D eigenvalue weighted by Crippen LogP contribution is -2.48. The van der Waals surface area contributed by atoms with Crippen LogP contribution in [-0.4, -0.2) is 54.2 Å². The number of aliphatic hydroxyl groups excluding tert-OH is 1. The smallest absolute Gasteiger partial charge is 0.123 e. The standard InChI is InChI=1S/C21H24ClFN2O/c22-16-3-6-18-20(13-16)19(15-1-4-17(23)5-2-15)14-21(18)25-9-7-24(8-10-25)11-12-26/h1-6,13,19,21,26H,7-12,14H2/t19-,21+/m0/s1. The lowest BCUT2D eigenvalue weighted by molar-refractivity contribution is 0.0827. The number of nitrogens with zero attached hydrogens (tertiary/aromatic N) is 2. The average molecular weight is 375 g/mol. The average Bonchev–Trinajstić information content (AvgIpc) is 3.02. The molecule has 0 spiro atoms. The predicted octanol–water partition coefficient (Wildman–Crippen LogP) is 3.67. The van der Waals surface area contributed by atoms with Gasteiger partial charge in [0, 0.05) is 49.7 Å². The molecule has 1 saturated heterocycles. The lowest BCUT2D eigenvalue weighted by Gasteiger charge is -2.38. The third kappa shape index (κ3) is 3.52. The number of rotatable bonds is 4. The zero-order valence-electron chi connectivity index (χ0n) is 14.7. The van der Waals surface area contributed by atoms with Gasteiger partial charge in [-0.25, -0.2) is 4.39 Å². The van der Waals surface area contributed by atoms with Gasteiger partial charge in [-0.3, -0.25) is 9.80 Å². The van der Waals surface area contributed by atoms with Crippen LogP contribution in [0.25, 0.3) is 0 Å². The minimum atomic E-state index is -0.199. The van der Waals surface area contributed by atoms with E-state index >= 15 is 0 Å². The van der Waals surface area contributed by atoms with Crippen LogP contribution < -0.4 is 0 Å². The van der Waals surface area contributed by atoms with Gasteiger partial charge in [0.15, 0.2) is 0 Å². The van der Waals surface area contributed by atoms with Crippen molar-refractivity contribution in [3.05, 3.63) is 70.0 Å². The Kier molecular flexibility index (Phi) is 5.28. The van der Waals surface area contributed by atoms with Gasteiger partial charge >= 0.3 is 0 Å². The van der Waals surface area contributed by atoms with Crippen molar-refractivity contribution in [3.63, 3.8) is 0 Å². The summed E-state index contributed by atoms with van der Waals surface area (Å²) < 4.78 is 13.3. The molecule has 26 heavy (non-hydrogen) atoms. The molecule has 2 aromatic carbocycles. The summed E-state index contributed by atoms with van der Waals surface area (Å²) in [6.45, 7) is 4.95. The molecular weight excluding hydrogens is 351 g/mol. The van der Waals surface area contributed by atoms with Gasteiger partial charge in [0.2, 0.25) is 0 Å². The number of halogens is 2. The number of β-amino-alcohol motifs (C(OH)–C–C–N with tert-alkyl or cyclic N) is 1. The first-order chi connectivity index (χ1) is 12.7. The van der Waals surface area contributed by atoms with E-state index in [1.165, 1.54) is 11.1 Å². The number of aliphatic hydroxyl groups is 1. The summed E-state index contributed by atoms with van der Waals surface area (Å²) in [5.41, 5.74) is 3.77. The normalized spacial score (nSPS) is 24.0. The van der Waals surface area contributed by atoms with E-state index in [0.29, 0.717) is 6.04 Å². The molecule has 1 aliphatic heterocycles. The first-order valence-corrected chi connectivity index (χ1v) is 9.65. The molecule has 0 radical (unpaired) electrons. The molecule has 0 saturated carbocycles. The van der Waals surface area contributed by atoms with E-state index in [1.54, 1.807) is 12.1 Å². The van der Waals surface area contributed by atoms with E-state index < -0.39 is 0 Å². The van der Waals surface area contributed by atoms with Gasteiger partial charge in [-0.1, -0.05) is 29.8 Å². The van der Waals surface area contributed by atoms with Crippen LogP contribution in [0.15, 0.2) is 42.5 Å². The second kappa shape index (κ2) is 7.65. The number of hydrogen-bond donors (Lipinski definition) is 1. The molecule has 1 fully saturated rings. The fourth-order valence-corrected chi connectivity index (χ4v) is 4.61. The van der Waals surface area contributed by atoms with Crippen LogP contribution >= 0.6 is 11.6 Å². The van der Waals surface area contributed by atoms with Crippen LogP contribution in [0.5, 0.6) is 0 Å². The number of piperazine rings is 1. The molecule has 2 aromatic rings. The molecule has 0 amide bonds. The van der Waals surface area contributed by atoms with Crippen LogP contribution in [0.2, 0.25) is 5.02 Å². The van der Waals surface area contributed by atoms with Gasteiger partial charge in [0.05, 0.1) is 6.61 Å². The molecule has 4 rings (SSSR count). The maximum atomic E-state index is 13.3. The van der Waals surface area contributed by atoms with E-state index in [-0.39, 0.29) is 18.3 Å². The molecule has 1 heterocycles. The SMILES string of the molecule is OCCN1CCN([C@@H]2C[C@@H](c3ccc(F)cc3)c3cc(Cl)ccc32)CC1. The molecule has 0 bridgehead atoms. The van der Waals surface area contributed by atoms with Gasteiger partial charge in [-0.15, -0.1) is 0 Å². The Morgan fingerprint density at radius 2 is 1.73 bits per heavy atom. The summed E-state index contributed by atoms with van der Waals surface area (Å²) >= 11 is 6.28. The van der Waals surface area contributed by atoms with Crippen molar-refractivity contribution < 1.29 is 9.50 Å². The summed E-state index contributed by atoms with van der Waals surface area (Å²) in [4.78, 5) is 4.86. The molecule has 0 aromatic heterocycles. The highest BCUT2D eigenvalue weighted by molar-refractivity contribution is 6.30. The van der Waals surface area contributed by atoms with Crippen molar-refractivity contribution >= 4 is 11.6 Å². The molecule has 1 aliphatic carbocycles. The summed E-state index contributed by atoms with van der Waals surface area (Å²) in [5.74, 6) is 0.0550. The third-order valence-corrected chi connectivity index (χ3v) is 6.01. The summed E-state index contributed by atoms with van der Waals surface area (Å²) in [6, 6.07) is 13.5. The topological polar surface area (TPSA) is 26.7 Å². The maximum Gasteiger partial charge on any atom is 0.123 e. The summed E-state index contributed by atoms with van der Waals surface area (Å²) in [5, 5.41) is 9.89. The molecule has 1 N–H and O–H groups in total. The zero-order valence-corrected chi connectivity index (χ0v) is 15.5. The van der Waals surface area contributed by atoms with Crippen molar-refractivity contribution in [2.75, 3.05) is 39.3 Å². The minimum Gasteiger partial charge on any atom is -0.395 e. The lowest BCUT2D eigenvalue weighted by atomic mass is 9.93. The highest BCUT2D eigenvalue weighted by Crippen LogP contribution is 2.47. The van der Waals surface area contributed by atoms with Gasteiger partial charge in [0.25, 0.3) is 0 Å². The second-order valence-electron chi connectivity index (χ2n) is 7.23. The first kappa shape index (κ1) is 17.9. The highest BCUT2D eigenvalue weighted by Gasteiger charge is 2.36. The zero-order chi connectivity index (χ0) is 18.1. The Hall–Kier alpha value is -1.46. The molecule has 5 heteroatoms. The third-order valence-electron chi connectivity index (χ3n) is 5.78. The first-order valence-electron chi connectivity index (χ1n) is 9.28. The number of benzene rings is 2. The highest BCUT2D eigenvalue weighted by atomic mass is 35.5. The van der Waals surface area contributed by atoms with Crippen molar-refractivity contribution in [1.29, 1.82) is 0 Å². The van der Waals surface area contributed by atoms with E-state index in [1.807, 2.05) is 18.2 Å². The van der Waals surface area contributed by atoms with Crippen molar-refractivity contribution in [1.82, 2.24) is 9.80 Å². The largest absolute Gasteiger partial charge is 0.395 e. The summed E-state index contributed by atoms with van der Waals surface area (Å²) in [7, 11) is 0. The molecule has 2 atom stereocenters. The maximum absolute atomic E-state index is 13.3. The Morgan fingerprint density at radius 1 is 1.00 bits per heavy atom. The Labute approximate surface area is 159 Å². The van der Waals surface area contributed by atoms with Gasteiger partial charge in [-0.2, -0.15) is 0 Å². The fourth-order valence-electron chi connectivity index (χ4n) is 4.42. The minimum absolute atomic E-state index is 0.199. The molecule has 138 valence electrons. The van der Waals surface area contributed by atoms with Crippen molar-refractivity contribution in [2.45, 2.75) is 18.4 Å². The molecule has 2 aliphatic rings. The van der Waals surface area contributed by atoms with Crippen LogP contribution in [-0.2, 0) is 0 Å². The van der Waals surface area contributed by atoms with Crippen LogP contribution in [0.3, 0.4) is 0 Å². The Morgan fingerprint density at radius 3 is 2.42 bits per heavy atom. The van der Waals surface area contributed by atoms with E-state index in [0.717, 1.165) is 49.7 Å². The molecule has 3 nitrogen and oxygen atoms in total. The molecule has 0 unspecified atom stereocenters. The quantitative estimate of drug-likeness (QED) is 0.884. The van der Waals surface area contributed by atoms with Gasteiger partial charge in [-0.05, 0) is 47.4 Å². The molecular formula is C21H24ClFN2O. The van der Waals surface area contributed by atoms with Crippen molar-refractivity contribution in [3.8, 4) is 0 Å². The van der Waals surface area contributed by atoms with Gasteiger partial charge in [0.1, 0.15) is 5.82 Å². The number of fused-ring (bicyclic) bond motifs is 1. The Bertz CT molecular complexity index is 759. The monoisotopic (exact) mass is 374 g/mol. The second-order valence-corrected chi connectivity index (χ2v) is 7.67. The van der Waals surface area contributed by atoms with Gasteiger partial charge < -0.3 is 5.11 Å². The number of hydrogen-bond acceptors (Lipinski definition) is 3. The van der Waals surface area contributed by atoms with Crippen LogP contribution in [0.1, 0.15) is 35.1 Å². The van der Waals surface area contributed by atoms with Crippen molar-refractivity contribution in [2.24, 2.45) is 0 Å². The van der Waals surface area contributed by atoms with E-state index in [9.17, 15) is 4.39 Å². The van der Waals surface area contributed by atoms with Crippen LogP contribution in [0.4, 0.5) is 4.39 Å². The summed E-state index contributed by atoms with van der Waals surface area (Å²) in [6.07, 6.45) is 1.00. The fraction of sp³-hybridized carbons (Fsp3) is 0.429. The van der Waals surface area contributed by atoms with E-state index in [4.69, 9.17) is 16.7 Å². The van der Waals surface area contributed by atoms with E-state index in [2.05, 4.69) is 21.9 Å². The van der Waals surface area contributed by atoms with Crippen LogP contribution in [0, 0.1) is 5.82 Å².